The van der Waals surface area contributed by atoms with Gasteiger partial charge in [-0.25, -0.2) is 17.2 Å². The van der Waals surface area contributed by atoms with Crippen molar-refractivity contribution in [3.8, 4) is 0 Å². The molecule has 0 radical (unpaired) electrons. The molecule has 8 heteroatoms. The van der Waals surface area contributed by atoms with Crippen LogP contribution in [0.2, 0.25) is 0 Å². The fraction of sp³-hybridized carbons (Fsp3) is 0.294. The van der Waals surface area contributed by atoms with Crippen molar-refractivity contribution in [1.29, 1.82) is 0 Å². The first-order valence-corrected chi connectivity index (χ1v) is 9.39. The summed E-state index contributed by atoms with van der Waals surface area (Å²) in [7, 11) is -2.34. The Morgan fingerprint density at radius 1 is 1.04 bits per heavy atom. The van der Waals surface area contributed by atoms with Gasteiger partial charge in [-0.2, -0.15) is 0 Å². The van der Waals surface area contributed by atoms with Crippen LogP contribution in [-0.2, 0) is 9.84 Å². The topological polar surface area (TPSA) is 61.4 Å². The first-order valence-electron chi connectivity index (χ1n) is 7.91. The SMILES string of the molecule is CNc1cc(N2CCNCC2)ccc1S(=O)(=O)c1ccc(F)c(F)c1. The normalized spacial score (nSPS) is 15.2. The molecule has 0 amide bonds. The highest BCUT2D eigenvalue weighted by Crippen LogP contribution is 2.31. The van der Waals surface area contributed by atoms with Crippen molar-refractivity contribution in [3.05, 3.63) is 48.0 Å². The first-order chi connectivity index (χ1) is 11.9. The molecule has 0 atom stereocenters. The van der Waals surface area contributed by atoms with Crippen LogP contribution >= 0.6 is 0 Å². The number of benzene rings is 2. The summed E-state index contributed by atoms with van der Waals surface area (Å²) < 4.78 is 52.2. The van der Waals surface area contributed by atoms with Gasteiger partial charge < -0.3 is 15.5 Å². The lowest BCUT2D eigenvalue weighted by Gasteiger charge is -2.30. The summed E-state index contributed by atoms with van der Waals surface area (Å²) in [6.45, 7) is 3.39. The molecule has 1 fully saturated rings. The summed E-state index contributed by atoms with van der Waals surface area (Å²) in [6.07, 6.45) is 0. The maximum Gasteiger partial charge on any atom is 0.208 e. The van der Waals surface area contributed by atoms with Crippen LogP contribution in [0.25, 0.3) is 0 Å². The van der Waals surface area contributed by atoms with Gasteiger partial charge in [0.1, 0.15) is 0 Å². The highest BCUT2D eigenvalue weighted by Gasteiger charge is 2.23. The molecule has 1 aliphatic heterocycles. The molecule has 134 valence electrons. The van der Waals surface area contributed by atoms with Crippen LogP contribution in [0.15, 0.2) is 46.2 Å². The maximum absolute atomic E-state index is 13.4. The van der Waals surface area contributed by atoms with E-state index in [0.29, 0.717) is 11.8 Å². The molecular formula is C17H19F2N3O2S. The van der Waals surface area contributed by atoms with Gasteiger partial charge in [-0.1, -0.05) is 0 Å². The van der Waals surface area contributed by atoms with Crippen LogP contribution in [0, 0.1) is 11.6 Å². The van der Waals surface area contributed by atoms with Gasteiger partial charge in [0, 0.05) is 38.9 Å². The van der Waals surface area contributed by atoms with E-state index in [1.54, 1.807) is 19.2 Å². The average Bonchev–Trinajstić information content (AvgIpc) is 2.64. The standard InChI is InChI=1S/C17H19F2N3O2S/c1-20-16-10-12(22-8-6-21-7-9-22)2-5-17(16)25(23,24)13-3-4-14(18)15(19)11-13/h2-5,10-11,20-21H,6-9H2,1H3. The second-order valence-corrected chi connectivity index (χ2v) is 7.66. The Balaban J connectivity index is 2.01. The van der Waals surface area contributed by atoms with Gasteiger partial charge in [0.05, 0.1) is 15.5 Å². The highest BCUT2D eigenvalue weighted by molar-refractivity contribution is 7.91. The molecule has 1 saturated heterocycles. The fourth-order valence-electron chi connectivity index (χ4n) is 2.84. The predicted molar refractivity (Wildman–Crippen MR) is 92.9 cm³/mol. The predicted octanol–water partition coefficient (Wildman–Crippen LogP) is 2.25. The van der Waals surface area contributed by atoms with Gasteiger partial charge in [0.25, 0.3) is 0 Å². The van der Waals surface area contributed by atoms with Crippen LogP contribution in [0.3, 0.4) is 0 Å². The van der Waals surface area contributed by atoms with E-state index in [0.717, 1.165) is 44.0 Å². The number of halogens is 2. The lowest BCUT2D eigenvalue weighted by molar-refractivity contribution is 0.504. The van der Waals surface area contributed by atoms with E-state index >= 15 is 0 Å². The number of rotatable bonds is 4. The molecule has 0 saturated carbocycles. The van der Waals surface area contributed by atoms with Crippen molar-refractivity contribution in [2.75, 3.05) is 43.4 Å². The molecule has 0 aromatic heterocycles. The lowest BCUT2D eigenvalue weighted by Crippen LogP contribution is -2.43. The van der Waals surface area contributed by atoms with Crippen molar-refractivity contribution in [3.63, 3.8) is 0 Å². The van der Waals surface area contributed by atoms with Crippen molar-refractivity contribution < 1.29 is 17.2 Å². The summed E-state index contributed by atoms with van der Waals surface area (Å²) in [6, 6.07) is 7.58. The Morgan fingerprint density at radius 3 is 2.40 bits per heavy atom. The molecule has 2 N–H and O–H groups in total. The monoisotopic (exact) mass is 367 g/mol. The minimum absolute atomic E-state index is 0.0277. The van der Waals surface area contributed by atoms with E-state index in [4.69, 9.17) is 0 Å². The van der Waals surface area contributed by atoms with Crippen LogP contribution in [-0.4, -0.2) is 41.6 Å². The summed E-state index contributed by atoms with van der Waals surface area (Å²) in [4.78, 5) is 1.91. The number of anilines is 2. The van der Waals surface area contributed by atoms with Gasteiger partial charge in [-0.05, 0) is 36.4 Å². The zero-order valence-corrected chi connectivity index (χ0v) is 14.5. The van der Waals surface area contributed by atoms with Crippen molar-refractivity contribution >= 4 is 21.2 Å². The highest BCUT2D eigenvalue weighted by atomic mass is 32.2. The molecule has 0 aliphatic carbocycles. The Morgan fingerprint density at radius 2 is 1.76 bits per heavy atom. The van der Waals surface area contributed by atoms with Gasteiger partial charge >= 0.3 is 0 Å². The van der Waals surface area contributed by atoms with E-state index in [2.05, 4.69) is 15.5 Å². The largest absolute Gasteiger partial charge is 0.387 e. The van der Waals surface area contributed by atoms with Gasteiger partial charge in [-0.3, -0.25) is 0 Å². The smallest absolute Gasteiger partial charge is 0.208 e. The number of nitrogens with zero attached hydrogens (tertiary/aromatic N) is 1. The zero-order valence-electron chi connectivity index (χ0n) is 13.7. The molecule has 5 nitrogen and oxygen atoms in total. The van der Waals surface area contributed by atoms with Gasteiger partial charge in [-0.15, -0.1) is 0 Å². The van der Waals surface area contributed by atoms with E-state index in [1.165, 1.54) is 6.07 Å². The van der Waals surface area contributed by atoms with Crippen LogP contribution in [0.5, 0.6) is 0 Å². The zero-order chi connectivity index (χ0) is 18.0. The lowest BCUT2D eigenvalue weighted by atomic mass is 10.2. The third-order valence-electron chi connectivity index (χ3n) is 4.21. The van der Waals surface area contributed by atoms with Crippen LogP contribution in [0.4, 0.5) is 20.2 Å². The minimum atomic E-state index is -3.97. The third kappa shape index (κ3) is 3.45. The Labute approximate surface area is 145 Å². The molecule has 1 aliphatic rings. The van der Waals surface area contributed by atoms with Crippen molar-refractivity contribution in [2.24, 2.45) is 0 Å². The number of hydrogen-bond donors (Lipinski definition) is 2. The second kappa shape index (κ2) is 6.97. The summed E-state index contributed by atoms with van der Waals surface area (Å²) in [5.74, 6) is -2.27. The third-order valence-corrected chi connectivity index (χ3v) is 6.02. The number of sulfone groups is 1. The molecule has 0 bridgehead atoms. The van der Waals surface area contributed by atoms with Crippen LogP contribution in [0.1, 0.15) is 0 Å². The molecule has 1 heterocycles. The van der Waals surface area contributed by atoms with E-state index in [-0.39, 0.29) is 9.79 Å². The molecule has 0 unspecified atom stereocenters. The molecule has 3 rings (SSSR count). The molecule has 2 aromatic carbocycles. The Hall–Kier alpha value is -2.19. The van der Waals surface area contributed by atoms with Crippen LogP contribution < -0.4 is 15.5 Å². The quantitative estimate of drug-likeness (QED) is 0.812. The number of nitrogens with one attached hydrogen (secondary N) is 2. The van der Waals surface area contributed by atoms with Gasteiger partial charge in [0.15, 0.2) is 11.6 Å². The van der Waals surface area contributed by atoms with Gasteiger partial charge in [0.2, 0.25) is 9.84 Å². The summed E-state index contributed by atoms with van der Waals surface area (Å²) in [5.41, 5.74) is 1.33. The van der Waals surface area contributed by atoms with E-state index in [9.17, 15) is 17.2 Å². The first kappa shape index (κ1) is 17.6. The fourth-order valence-corrected chi connectivity index (χ4v) is 4.30. The van der Waals surface area contributed by atoms with E-state index < -0.39 is 21.5 Å². The van der Waals surface area contributed by atoms with Crippen molar-refractivity contribution in [2.45, 2.75) is 9.79 Å². The minimum Gasteiger partial charge on any atom is -0.387 e. The number of hydrogen-bond acceptors (Lipinski definition) is 5. The average molecular weight is 367 g/mol. The van der Waals surface area contributed by atoms with E-state index in [1.807, 2.05) is 0 Å². The Bertz CT molecular complexity index is 881. The summed E-state index contributed by atoms with van der Waals surface area (Å²) in [5, 5.41) is 6.15. The molecule has 25 heavy (non-hydrogen) atoms. The van der Waals surface area contributed by atoms with Crippen molar-refractivity contribution in [1.82, 2.24) is 5.32 Å². The summed E-state index contributed by atoms with van der Waals surface area (Å²) >= 11 is 0. The second-order valence-electron chi connectivity index (χ2n) is 5.75. The molecular weight excluding hydrogens is 348 g/mol. The Kier molecular flexibility index (Phi) is 4.91. The maximum atomic E-state index is 13.4. The molecule has 2 aromatic rings. The molecule has 0 spiro atoms. The number of piperazine rings is 1.